The van der Waals surface area contributed by atoms with Crippen LogP contribution in [0.15, 0.2) is 53.7 Å². The SMILES string of the molecule is O=S(=O)(CCc1ccc[n+]([O-])c1)c1ccc(Cl)cc1. The minimum Gasteiger partial charge on any atom is -0.619 e. The van der Waals surface area contributed by atoms with Gasteiger partial charge < -0.3 is 5.21 Å². The zero-order valence-corrected chi connectivity index (χ0v) is 11.6. The van der Waals surface area contributed by atoms with E-state index in [-0.39, 0.29) is 10.6 Å². The molecule has 0 radical (unpaired) electrons. The molecule has 0 aliphatic rings. The molecule has 2 rings (SSSR count). The summed E-state index contributed by atoms with van der Waals surface area (Å²) in [5.41, 5.74) is 0.690. The molecule has 0 aliphatic heterocycles. The first-order chi connectivity index (χ1) is 8.97. The van der Waals surface area contributed by atoms with Crippen molar-refractivity contribution in [1.29, 1.82) is 0 Å². The van der Waals surface area contributed by atoms with Crippen LogP contribution in [0, 0.1) is 5.21 Å². The maximum atomic E-state index is 12.1. The fourth-order valence-corrected chi connectivity index (χ4v) is 3.08. The summed E-state index contributed by atoms with van der Waals surface area (Å²) in [7, 11) is -3.36. The monoisotopic (exact) mass is 297 g/mol. The largest absolute Gasteiger partial charge is 0.619 e. The molecule has 19 heavy (non-hydrogen) atoms. The molecule has 2 aromatic rings. The van der Waals surface area contributed by atoms with E-state index in [1.54, 1.807) is 24.3 Å². The summed E-state index contributed by atoms with van der Waals surface area (Å²) in [5.74, 6) is -0.0430. The van der Waals surface area contributed by atoms with E-state index in [1.807, 2.05) is 0 Å². The number of aromatic nitrogens is 1. The van der Waals surface area contributed by atoms with Gasteiger partial charge in [0.25, 0.3) is 0 Å². The lowest BCUT2D eigenvalue weighted by Crippen LogP contribution is -2.25. The zero-order valence-electron chi connectivity index (χ0n) is 9.99. The number of halogens is 1. The first kappa shape index (κ1) is 13.8. The molecule has 100 valence electrons. The van der Waals surface area contributed by atoms with E-state index in [0.29, 0.717) is 21.7 Å². The molecule has 0 aliphatic carbocycles. The van der Waals surface area contributed by atoms with Crippen molar-refractivity contribution in [2.24, 2.45) is 0 Å². The van der Waals surface area contributed by atoms with Crippen LogP contribution < -0.4 is 4.73 Å². The maximum absolute atomic E-state index is 12.1. The van der Waals surface area contributed by atoms with Crippen molar-refractivity contribution in [2.75, 3.05) is 5.75 Å². The molecule has 4 nitrogen and oxygen atoms in total. The summed E-state index contributed by atoms with van der Waals surface area (Å²) in [4.78, 5) is 0.239. The Kier molecular flexibility index (Phi) is 4.07. The molecule has 1 aromatic carbocycles. The highest BCUT2D eigenvalue weighted by Gasteiger charge is 2.14. The predicted octanol–water partition coefficient (Wildman–Crippen LogP) is 1.99. The number of rotatable bonds is 4. The standard InChI is InChI=1S/C13H12ClNO3S/c14-12-3-5-13(6-4-12)19(17,18)9-7-11-2-1-8-15(16)10-11/h1-6,8,10H,7,9H2. The number of nitrogens with zero attached hydrogens (tertiary/aromatic N) is 1. The average Bonchev–Trinajstić information content (AvgIpc) is 2.37. The Labute approximate surface area is 116 Å². The molecule has 1 heterocycles. The summed E-state index contributed by atoms with van der Waals surface area (Å²) in [5, 5.41) is 11.6. The van der Waals surface area contributed by atoms with Gasteiger partial charge >= 0.3 is 0 Å². The first-order valence-corrected chi connectivity index (χ1v) is 7.66. The highest BCUT2D eigenvalue weighted by molar-refractivity contribution is 7.91. The van der Waals surface area contributed by atoms with Crippen LogP contribution >= 0.6 is 11.6 Å². The van der Waals surface area contributed by atoms with Gasteiger partial charge in [-0.25, -0.2) is 8.42 Å². The van der Waals surface area contributed by atoms with Crippen LogP contribution in [-0.2, 0) is 16.3 Å². The molecule has 0 unspecified atom stereocenters. The minimum absolute atomic E-state index is 0.0430. The van der Waals surface area contributed by atoms with Gasteiger partial charge in [-0.2, -0.15) is 4.73 Å². The van der Waals surface area contributed by atoms with E-state index in [4.69, 9.17) is 11.6 Å². The lowest BCUT2D eigenvalue weighted by Gasteiger charge is -2.04. The van der Waals surface area contributed by atoms with E-state index < -0.39 is 9.84 Å². The second-order valence-corrected chi connectivity index (χ2v) is 6.64. The van der Waals surface area contributed by atoms with Crippen LogP contribution in [-0.4, -0.2) is 14.2 Å². The summed E-state index contributed by atoms with van der Waals surface area (Å²) in [6.07, 6.45) is 3.03. The van der Waals surface area contributed by atoms with Crippen molar-refractivity contribution in [2.45, 2.75) is 11.3 Å². The van der Waals surface area contributed by atoms with Crippen LogP contribution in [0.4, 0.5) is 0 Å². The van der Waals surface area contributed by atoms with Gasteiger partial charge in [0.15, 0.2) is 22.2 Å². The maximum Gasteiger partial charge on any atom is 0.183 e. The van der Waals surface area contributed by atoms with Crippen LogP contribution in [0.3, 0.4) is 0 Å². The van der Waals surface area contributed by atoms with Crippen molar-refractivity contribution in [3.63, 3.8) is 0 Å². The second kappa shape index (κ2) is 5.59. The molecular formula is C13H12ClNO3S. The Morgan fingerprint density at radius 1 is 1.16 bits per heavy atom. The predicted molar refractivity (Wildman–Crippen MR) is 72.6 cm³/mol. The molecule has 0 fully saturated rings. The van der Waals surface area contributed by atoms with Crippen molar-refractivity contribution >= 4 is 21.4 Å². The van der Waals surface area contributed by atoms with E-state index >= 15 is 0 Å². The van der Waals surface area contributed by atoms with E-state index in [9.17, 15) is 13.6 Å². The van der Waals surface area contributed by atoms with E-state index in [1.165, 1.54) is 24.5 Å². The topological polar surface area (TPSA) is 61.1 Å². The number of pyridine rings is 1. The molecular weight excluding hydrogens is 286 g/mol. The van der Waals surface area contributed by atoms with E-state index in [2.05, 4.69) is 0 Å². The molecule has 1 aromatic heterocycles. The van der Waals surface area contributed by atoms with Crippen LogP contribution in [0.1, 0.15) is 5.56 Å². The number of aryl methyl sites for hydroxylation is 1. The van der Waals surface area contributed by atoms with Gasteiger partial charge in [-0.3, -0.25) is 0 Å². The summed E-state index contributed by atoms with van der Waals surface area (Å²) >= 11 is 5.72. The number of sulfone groups is 1. The normalized spacial score (nSPS) is 11.4. The highest BCUT2D eigenvalue weighted by Crippen LogP contribution is 2.16. The molecule has 0 bridgehead atoms. The summed E-state index contributed by atoms with van der Waals surface area (Å²) in [6.45, 7) is 0. The number of hydrogen-bond acceptors (Lipinski definition) is 3. The third-order valence-electron chi connectivity index (χ3n) is 2.67. The third-order valence-corrected chi connectivity index (χ3v) is 4.65. The Balaban J connectivity index is 2.12. The Bertz CT molecular complexity index is 669. The van der Waals surface area contributed by atoms with Crippen molar-refractivity contribution < 1.29 is 13.1 Å². The fraction of sp³-hybridized carbons (Fsp3) is 0.154. The smallest absolute Gasteiger partial charge is 0.183 e. The van der Waals surface area contributed by atoms with Crippen molar-refractivity contribution in [1.82, 2.24) is 0 Å². The molecule has 0 saturated heterocycles. The van der Waals surface area contributed by atoms with Crippen molar-refractivity contribution in [3.05, 3.63) is 64.6 Å². The second-order valence-electron chi connectivity index (χ2n) is 4.09. The van der Waals surface area contributed by atoms with Gasteiger partial charge in [-0.05, 0) is 36.8 Å². The number of benzene rings is 1. The van der Waals surface area contributed by atoms with Gasteiger partial charge in [0.1, 0.15) is 0 Å². The minimum atomic E-state index is -3.36. The van der Waals surface area contributed by atoms with Crippen LogP contribution in [0.2, 0.25) is 5.02 Å². The van der Waals surface area contributed by atoms with Gasteiger partial charge in [0.2, 0.25) is 0 Å². The Hall–Kier alpha value is -1.59. The van der Waals surface area contributed by atoms with Crippen LogP contribution in [0.25, 0.3) is 0 Å². The van der Waals surface area contributed by atoms with Gasteiger partial charge in [0.05, 0.1) is 10.6 Å². The quantitative estimate of drug-likeness (QED) is 0.640. The molecule has 0 atom stereocenters. The van der Waals surface area contributed by atoms with Gasteiger partial charge in [-0.15, -0.1) is 0 Å². The van der Waals surface area contributed by atoms with Gasteiger partial charge in [-0.1, -0.05) is 11.6 Å². The molecule has 0 spiro atoms. The summed E-state index contributed by atoms with van der Waals surface area (Å²) < 4.78 is 24.8. The lowest BCUT2D eigenvalue weighted by molar-refractivity contribution is -0.605. The molecule has 6 heteroatoms. The molecule has 0 N–H and O–H groups in total. The first-order valence-electron chi connectivity index (χ1n) is 5.63. The number of hydrogen-bond donors (Lipinski definition) is 0. The fourth-order valence-electron chi connectivity index (χ4n) is 1.66. The lowest BCUT2D eigenvalue weighted by atomic mass is 10.2. The average molecular weight is 298 g/mol. The molecule has 0 amide bonds. The zero-order chi connectivity index (χ0) is 13.9. The molecule has 0 saturated carbocycles. The van der Waals surface area contributed by atoms with E-state index in [0.717, 1.165) is 0 Å². The van der Waals surface area contributed by atoms with Gasteiger partial charge in [0, 0.05) is 16.7 Å². The Morgan fingerprint density at radius 3 is 2.47 bits per heavy atom. The van der Waals surface area contributed by atoms with Crippen LogP contribution in [0.5, 0.6) is 0 Å². The van der Waals surface area contributed by atoms with Crippen molar-refractivity contribution in [3.8, 4) is 0 Å². The third kappa shape index (κ3) is 3.68. The highest BCUT2D eigenvalue weighted by atomic mass is 35.5. The summed E-state index contributed by atoms with van der Waals surface area (Å²) in [6, 6.07) is 9.38. The Morgan fingerprint density at radius 2 is 1.84 bits per heavy atom.